The first-order valence-electron chi connectivity index (χ1n) is 14.5. The molecule has 35 heavy (non-hydrogen) atoms. The molecule has 1 aromatic rings. The molecule has 6 unspecified atom stereocenters. The molecule has 1 aliphatic heterocycles. The van der Waals surface area contributed by atoms with E-state index in [1.54, 1.807) is 6.07 Å². The number of carbonyl (C=O) groups excluding carboxylic acids is 1. The Kier molecular flexibility index (Phi) is 6.08. The fraction of sp³-hybridized carbons (Fsp3) is 0.774. The average Bonchev–Trinajstić information content (AvgIpc) is 3.19. The molecule has 1 heterocycles. The molecule has 4 heteroatoms. The molecule has 0 spiro atoms. The normalized spacial score (nSPS) is 43.1. The van der Waals surface area contributed by atoms with Crippen LogP contribution < -0.4 is 0 Å². The zero-order valence-electron chi connectivity index (χ0n) is 21.8. The van der Waals surface area contributed by atoms with Crippen molar-refractivity contribution in [2.75, 3.05) is 13.1 Å². The number of benzene rings is 1. The molecule has 4 aliphatic carbocycles. The molecule has 2 N–H and O–H groups in total. The van der Waals surface area contributed by atoms with Crippen LogP contribution in [0.15, 0.2) is 18.2 Å². The van der Waals surface area contributed by atoms with Gasteiger partial charge in [0.1, 0.15) is 11.5 Å². The topological polar surface area (TPSA) is 60.8 Å². The van der Waals surface area contributed by atoms with Gasteiger partial charge in [-0.3, -0.25) is 9.69 Å². The van der Waals surface area contributed by atoms with Gasteiger partial charge in [0.2, 0.25) is 0 Å². The lowest BCUT2D eigenvalue weighted by Crippen LogP contribution is -2.51. The van der Waals surface area contributed by atoms with Crippen LogP contribution in [0.3, 0.4) is 0 Å². The highest BCUT2D eigenvalue weighted by atomic mass is 16.3. The number of phenols is 1. The Labute approximate surface area is 211 Å². The minimum atomic E-state index is -0.446. The van der Waals surface area contributed by atoms with Crippen LogP contribution in [0.2, 0.25) is 0 Å². The first kappa shape index (κ1) is 24.0. The van der Waals surface area contributed by atoms with Crippen molar-refractivity contribution < 1.29 is 15.0 Å². The number of carbonyl (C=O) groups is 1. The lowest BCUT2D eigenvalue weighted by Gasteiger charge is -2.56. The molecule has 1 aromatic carbocycles. The van der Waals surface area contributed by atoms with Gasteiger partial charge in [0.25, 0.3) is 0 Å². The highest BCUT2D eigenvalue weighted by Crippen LogP contribution is 2.64. The minimum absolute atomic E-state index is 0.200. The zero-order chi connectivity index (χ0) is 24.4. The smallest absolute Gasteiger partial charge is 0.137 e. The quantitative estimate of drug-likeness (QED) is 0.579. The Morgan fingerprint density at radius 3 is 2.71 bits per heavy atom. The summed E-state index contributed by atoms with van der Waals surface area (Å²) in [5.41, 5.74) is 2.06. The molecular formula is C31H45NO3. The summed E-state index contributed by atoms with van der Waals surface area (Å²) in [6.07, 6.45) is 12.2. The second kappa shape index (κ2) is 8.87. The Bertz CT molecular complexity index is 972. The fourth-order valence-electron chi connectivity index (χ4n) is 9.89. The fourth-order valence-corrected chi connectivity index (χ4v) is 9.89. The molecule has 4 nitrogen and oxygen atoms in total. The van der Waals surface area contributed by atoms with Crippen LogP contribution in [0.1, 0.15) is 89.2 Å². The van der Waals surface area contributed by atoms with Crippen LogP contribution in [0.4, 0.5) is 0 Å². The summed E-state index contributed by atoms with van der Waals surface area (Å²) in [6, 6.07) is 5.84. The minimum Gasteiger partial charge on any atom is -0.508 e. The highest BCUT2D eigenvalue weighted by molar-refractivity contribution is 5.82. The van der Waals surface area contributed by atoms with Gasteiger partial charge in [0.05, 0.1) is 5.60 Å². The van der Waals surface area contributed by atoms with E-state index >= 15 is 0 Å². The highest BCUT2D eigenvalue weighted by Gasteiger charge is 2.58. The van der Waals surface area contributed by atoms with Crippen molar-refractivity contribution in [1.29, 1.82) is 0 Å². The summed E-state index contributed by atoms with van der Waals surface area (Å²) >= 11 is 0. The van der Waals surface area contributed by atoms with Crippen molar-refractivity contribution in [2.45, 2.75) is 96.6 Å². The van der Waals surface area contributed by atoms with Crippen molar-refractivity contribution in [3.63, 3.8) is 0 Å². The molecule has 192 valence electrons. The largest absolute Gasteiger partial charge is 0.508 e. The van der Waals surface area contributed by atoms with Crippen LogP contribution in [0.25, 0.3) is 0 Å². The van der Waals surface area contributed by atoms with E-state index in [0.717, 1.165) is 80.5 Å². The monoisotopic (exact) mass is 479 g/mol. The average molecular weight is 480 g/mol. The van der Waals surface area contributed by atoms with E-state index in [9.17, 15) is 15.0 Å². The molecular weight excluding hydrogens is 434 g/mol. The SMILES string of the molecule is CC12CC[C@@H]3C4CC[C@@](C)(O)CC4CCC3C1CCC2C(=O)CCN1CCc2c(O)cccc2C1. The number of phenolic OH excluding ortho intramolecular Hbond substituents is 1. The van der Waals surface area contributed by atoms with Crippen LogP contribution in [-0.2, 0) is 17.8 Å². The van der Waals surface area contributed by atoms with Crippen molar-refractivity contribution in [3.8, 4) is 5.75 Å². The van der Waals surface area contributed by atoms with Crippen molar-refractivity contribution in [2.24, 2.45) is 40.9 Å². The van der Waals surface area contributed by atoms with Gasteiger partial charge in [-0.1, -0.05) is 19.1 Å². The van der Waals surface area contributed by atoms with Gasteiger partial charge in [0, 0.05) is 32.0 Å². The molecule has 6 rings (SSSR count). The molecule has 0 aromatic heterocycles. The third-order valence-corrected chi connectivity index (χ3v) is 11.6. The number of fused-ring (bicyclic) bond motifs is 6. The van der Waals surface area contributed by atoms with Gasteiger partial charge in [-0.25, -0.2) is 0 Å². The number of ketones is 1. The van der Waals surface area contributed by atoms with Crippen molar-refractivity contribution in [1.82, 2.24) is 4.90 Å². The number of aliphatic hydroxyl groups is 1. The van der Waals surface area contributed by atoms with Gasteiger partial charge < -0.3 is 10.2 Å². The maximum absolute atomic E-state index is 13.6. The molecule has 0 radical (unpaired) electrons. The summed E-state index contributed by atoms with van der Waals surface area (Å²) in [5, 5.41) is 20.8. The van der Waals surface area contributed by atoms with Crippen LogP contribution in [0.5, 0.6) is 5.75 Å². The molecule has 0 saturated heterocycles. The molecule has 8 atom stereocenters. The summed E-state index contributed by atoms with van der Waals surface area (Å²) in [6.45, 7) is 7.15. The number of hydrogen-bond acceptors (Lipinski definition) is 4. The lowest BCUT2D eigenvalue weighted by molar-refractivity contribution is -0.132. The number of hydrogen-bond donors (Lipinski definition) is 2. The third kappa shape index (κ3) is 4.17. The van der Waals surface area contributed by atoms with E-state index < -0.39 is 5.60 Å². The van der Waals surface area contributed by atoms with E-state index in [0.29, 0.717) is 18.0 Å². The number of aromatic hydroxyl groups is 1. The van der Waals surface area contributed by atoms with E-state index in [1.807, 2.05) is 13.0 Å². The molecule has 4 saturated carbocycles. The molecule has 0 bridgehead atoms. The van der Waals surface area contributed by atoms with Gasteiger partial charge in [-0.15, -0.1) is 0 Å². The zero-order valence-corrected chi connectivity index (χ0v) is 21.8. The molecule has 5 aliphatic rings. The van der Waals surface area contributed by atoms with Gasteiger partial charge in [-0.05, 0) is 123 Å². The maximum atomic E-state index is 13.6. The molecule has 4 fully saturated rings. The predicted molar refractivity (Wildman–Crippen MR) is 138 cm³/mol. The first-order valence-corrected chi connectivity index (χ1v) is 14.5. The second-order valence-corrected chi connectivity index (χ2v) is 13.5. The van der Waals surface area contributed by atoms with Gasteiger partial charge >= 0.3 is 0 Å². The first-order chi connectivity index (χ1) is 16.7. The van der Waals surface area contributed by atoms with Crippen LogP contribution >= 0.6 is 0 Å². The van der Waals surface area contributed by atoms with Crippen molar-refractivity contribution >= 4 is 5.78 Å². The number of Topliss-reactive ketones (excluding diaryl/α,β-unsaturated/α-hetero) is 1. The second-order valence-electron chi connectivity index (χ2n) is 13.5. The van der Waals surface area contributed by atoms with E-state index in [2.05, 4.69) is 17.9 Å². The van der Waals surface area contributed by atoms with E-state index in [4.69, 9.17) is 0 Å². The summed E-state index contributed by atoms with van der Waals surface area (Å²) in [5.74, 6) is 5.09. The summed E-state index contributed by atoms with van der Waals surface area (Å²) in [4.78, 5) is 16.0. The van der Waals surface area contributed by atoms with Crippen LogP contribution in [0, 0.1) is 40.9 Å². The maximum Gasteiger partial charge on any atom is 0.137 e. The Morgan fingerprint density at radius 1 is 1.03 bits per heavy atom. The van der Waals surface area contributed by atoms with Crippen LogP contribution in [-0.4, -0.2) is 39.6 Å². The lowest BCUT2D eigenvalue weighted by atomic mass is 9.49. The van der Waals surface area contributed by atoms with Gasteiger partial charge in [0.15, 0.2) is 0 Å². The summed E-state index contributed by atoms with van der Waals surface area (Å²) < 4.78 is 0. The number of nitrogens with zero attached hydrogens (tertiary/aromatic N) is 1. The Balaban J connectivity index is 1.08. The third-order valence-electron chi connectivity index (χ3n) is 11.6. The number of rotatable bonds is 4. The van der Waals surface area contributed by atoms with E-state index in [1.165, 1.54) is 44.1 Å². The standard InChI is InChI=1S/C31H45NO3/c1-30(35)14-10-22-20(18-30)6-7-25-24(22)11-15-31(2)26(25)8-9-27(31)29(34)13-17-32-16-12-23-21(19-32)4-3-5-28(23)33/h3-5,20,22,24-27,33,35H,6-19H2,1-2H3/t20?,22?,24-,25?,26?,27?,30-,31?/m1/s1. The Hall–Kier alpha value is -1.39. The van der Waals surface area contributed by atoms with Crippen molar-refractivity contribution in [3.05, 3.63) is 29.3 Å². The van der Waals surface area contributed by atoms with E-state index in [-0.39, 0.29) is 11.3 Å². The predicted octanol–water partition coefficient (Wildman–Crippen LogP) is 5.73. The summed E-state index contributed by atoms with van der Waals surface area (Å²) in [7, 11) is 0. The molecule has 0 amide bonds. The van der Waals surface area contributed by atoms with Gasteiger partial charge in [-0.2, -0.15) is 0 Å². The Morgan fingerprint density at radius 2 is 1.86 bits per heavy atom.